The summed E-state index contributed by atoms with van der Waals surface area (Å²) in [6.07, 6.45) is 3.19. The smallest absolute Gasteiger partial charge is 0.258 e. The predicted octanol–water partition coefficient (Wildman–Crippen LogP) is 2.77. The van der Waals surface area contributed by atoms with Crippen molar-refractivity contribution < 1.29 is 23.2 Å². The number of halogens is 1. The lowest BCUT2D eigenvalue weighted by molar-refractivity contribution is -0.121. The van der Waals surface area contributed by atoms with Crippen molar-refractivity contribution in [2.45, 2.75) is 52.1 Å². The molecule has 2 aliphatic rings. The largest absolute Gasteiger partial charge is 0.398 e. The van der Waals surface area contributed by atoms with E-state index >= 15 is 0 Å². The van der Waals surface area contributed by atoms with E-state index < -0.39 is 5.82 Å². The van der Waals surface area contributed by atoms with E-state index in [9.17, 15) is 14.0 Å². The summed E-state index contributed by atoms with van der Waals surface area (Å²) < 4.78 is 25.5. The van der Waals surface area contributed by atoms with Gasteiger partial charge in [0.2, 0.25) is 5.91 Å². The SMILES string of the molecule is Cc1cc(N)c(C(=O)N2CCC3(CC2)COC(CNC(=O)CCc2cc(C)no2)C3)c(F)c1. The van der Waals surface area contributed by atoms with E-state index in [1.165, 1.54) is 6.07 Å². The first-order chi connectivity index (χ1) is 15.7. The van der Waals surface area contributed by atoms with Crippen molar-refractivity contribution in [2.75, 3.05) is 32.0 Å². The summed E-state index contributed by atoms with van der Waals surface area (Å²) in [5.74, 6) is -0.278. The lowest BCUT2D eigenvalue weighted by atomic mass is 9.76. The number of likely N-dealkylation sites (tertiary alicyclic amines) is 1. The first-order valence-corrected chi connectivity index (χ1v) is 11.4. The van der Waals surface area contributed by atoms with Crippen LogP contribution < -0.4 is 11.1 Å². The van der Waals surface area contributed by atoms with Crippen LogP contribution >= 0.6 is 0 Å². The van der Waals surface area contributed by atoms with Crippen LogP contribution in [-0.2, 0) is 16.0 Å². The van der Waals surface area contributed by atoms with Crippen LogP contribution in [0.15, 0.2) is 22.7 Å². The molecule has 0 bridgehead atoms. The molecule has 2 saturated heterocycles. The number of nitrogens with one attached hydrogen (secondary N) is 1. The van der Waals surface area contributed by atoms with Gasteiger partial charge in [0.05, 0.1) is 24.0 Å². The molecule has 1 unspecified atom stereocenters. The number of aromatic nitrogens is 1. The summed E-state index contributed by atoms with van der Waals surface area (Å²) in [4.78, 5) is 26.7. The minimum atomic E-state index is -0.573. The fourth-order valence-electron chi connectivity index (χ4n) is 4.80. The van der Waals surface area contributed by atoms with Crippen molar-refractivity contribution in [1.29, 1.82) is 0 Å². The number of hydrogen-bond acceptors (Lipinski definition) is 6. The number of anilines is 1. The van der Waals surface area contributed by atoms with E-state index in [1.807, 2.05) is 13.0 Å². The standard InChI is InChI=1S/C24H31FN4O4/c1-15-9-19(25)22(20(26)10-15)23(31)29-7-5-24(6-8-29)12-18(32-14-24)13-27-21(30)4-3-17-11-16(2)28-33-17/h9-11,18H,3-8,12-14,26H2,1-2H3,(H,27,30). The molecule has 2 aromatic rings. The Morgan fingerprint density at radius 3 is 2.70 bits per heavy atom. The van der Waals surface area contributed by atoms with Crippen LogP contribution in [0.25, 0.3) is 0 Å². The second-order valence-electron chi connectivity index (χ2n) is 9.38. The Bertz CT molecular complexity index is 1010. The molecule has 2 amide bonds. The summed E-state index contributed by atoms with van der Waals surface area (Å²) in [6.45, 7) is 5.72. The number of nitrogens with two attached hydrogens (primary N) is 1. The normalized spacial score (nSPS) is 19.7. The molecule has 178 valence electrons. The van der Waals surface area contributed by atoms with Gasteiger partial charge in [0.15, 0.2) is 0 Å². The Kier molecular flexibility index (Phi) is 6.69. The Balaban J connectivity index is 1.23. The van der Waals surface area contributed by atoms with Crippen molar-refractivity contribution in [3.63, 3.8) is 0 Å². The average Bonchev–Trinajstić information content (AvgIpc) is 3.36. The molecule has 2 aliphatic heterocycles. The number of amides is 2. The first-order valence-electron chi connectivity index (χ1n) is 11.4. The third kappa shape index (κ3) is 5.35. The quantitative estimate of drug-likeness (QED) is 0.644. The molecule has 1 aromatic heterocycles. The molecule has 33 heavy (non-hydrogen) atoms. The maximum absolute atomic E-state index is 14.4. The van der Waals surface area contributed by atoms with Gasteiger partial charge >= 0.3 is 0 Å². The second-order valence-corrected chi connectivity index (χ2v) is 9.38. The van der Waals surface area contributed by atoms with Gasteiger partial charge in [0.25, 0.3) is 5.91 Å². The zero-order valence-electron chi connectivity index (χ0n) is 19.2. The minimum Gasteiger partial charge on any atom is -0.398 e. The molecule has 1 spiro atoms. The third-order valence-electron chi connectivity index (χ3n) is 6.68. The molecule has 4 rings (SSSR count). The fraction of sp³-hybridized carbons (Fsp3) is 0.542. The van der Waals surface area contributed by atoms with Crippen LogP contribution in [-0.4, -0.2) is 54.2 Å². The maximum Gasteiger partial charge on any atom is 0.258 e. The number of carbonyl (C=O) groups is 2. The number of benzene rings is 1. The Morgan fingerprint density at radius 2 is 2.03 bits per heavy atom. The highest BCUT2D eigenvalue weighted by Crippen LogP contribution is 2.42. The monoisotopic (exact) mass is 458 g/mol. The van der Waals surface area contributed by atoms with Crippen LogP contribution in [0.3, 0.4) is 0 Å². The van der Waals surface area contributed by atoms with Gasteiger partial charge in [0, 0.05) is 44.2 Å². The lowest BCUT2D eigenvalue weighted by Crippen LogP contribution is -2.44. The topological polar surface area (TPSA) is 111 Å². The zero-order valence-corrected chi connectivity index (χ0v) is 19.2. The maximum atomic E-state index is 14.4. The fourth-order valence-corrected chi connectivity index (χ4v) is 4.80. The molecule has 2 fully saturated rings. The van der Waals surface area contributed by atoms with Gasteiger partial charge in [-0.1, -0.05) is 5.16 Å². The molecule has 0 aliphatic carbocycles. The van der Waals surface area contributed by atoms with E-state index in [4.69, 9.17) is 15.0 Å². The lowest BCUT2D eigenvalue weighted by Gasteiger charge is -2.38. The van der Waals surface area contributed by atoms with Crippen molar-refractivity contribution in [3.8, 4) is 0 Å². The summed E-state index contributed by atoms with van der Waals surface area (Å²) in [5.41, 5.74) is 7.54. The van der Waals surface area contributed by atoms with Crippen molar-refractivity contribution in [3.05, 3.63) is 46.6 Å². The predicted molar refractivity (Wildman–Crippen MR) is 120 cm³/mol. The van der Waals surface area contributed by atoms with Gasteiger partial charge in [-0.05, 0) is 56.2 Å². The minimum absolute atomic E-state index is 0.0130. The van der Waals surface area contributed by atoms with Crippen LogP contribution in [0, 0.1) is 25.1 Å². The van der Waals surface area contributed by atoms with Gasteiger partial charge in [0.1, 0.15) is 11.6 Å². The van der Waals surface area contributed by atoms with E-state index in [1.54, 1.807) is 17.9 Å². The van der Waals surface area contributed by atoms with Crippen molar-refractivity contribution in [2.24, 2.45) is 5.41 Å². The van der Waals surface area contributed by atoms with Crippen LogP contribution in [0.1, 0.15) is 53.1 Å². The second kappa shape index (κ2) is 9.51. The number of ether oxygens (including phenoxy) is 1. The zero-order chi connectivity index (χ0) is 23.6. The summed E-state index contributed by atoms with van der Waals surface area (Å²) in [5, 5.41) is 6.76. The van der Waals surface area contributed by atoms with E-state index in [2.05, 4.69) is 10.5 Å². The molecule has 1 aromatic carbocycles. The van der Waals surface area contributed by atoms with Gasteiger partial charge in [-0.2, -0.15) is 0 Å². The molecule has 0 radical (unpaired) electrons. The molecule has 3 N–H and O–H groups in total. The summed E-state index contributed by atoms with van der Waals surface area (Å²) in [7, 11) is 0. The molecular weight excluding hydrogens is 427 g/mol. The van der Waals surface area contributed by atoms with Gasteiger partial charge in [-0.25, -0.2) is 4.39 Å². The van der Waals surface area contributed by atoms with Crippen LogP contribution in [0.2, 0.25) is 0 Å². The van der Waals surface area contributed by atoms with Crippen LogP contribution in [0.5, 0.6) is 0 Å². The first kappa shape index (κ1) is 23.2. The average molecular weight is 459 g/mol. The van der Waals surface area contributed by atoms with Crippen LogP contribution in [0.4, 0.5) is 10.1 Å². The number of nitrogen functional groups attached to an aromatic ring is 1. The highest BCUT2D eigenvalue weighted by molar-refractivity contribution is 5.99. The summed E-state index contributed by atoms with van der Waals surface area (Å²) >= 11 is 0. The number of nitrogens with zero attached hydrogens (tertiary/aromatic N) is 2. The Labute approximate surface area is 192 Å². The number of rotatable bonds is 6. The number of piperidine rings is 1. The molecule has 3 heterocycles. The number of hydrogen-bond donors (Lipinski definition) is 2. The highest BCUT2D eigenvalue weighted by atomic mass is 19.1. The molecule has 0 saturated carbocycles. The highest BCUT2D eigenvalue weighted by Gasteiger charge is 2.43. The molecule has 8 nitrogen and oxygen atoms in total. The van der Waals surface area contributed by atoms with E-state index in [0.717, 1.165) is 25.0 Å². The van der Waals surface area contributed by atoms with Gasteiger partial charge < -0.3 is 25.2 Å². The molecule has 9 heteroatoms. The Hall–Kier alpha value is -2.94. The molecular formula is C24H31FN4O4. The third-order valence-corrected chi connectivity index (χ3v) is 6.68. The Morgan fingerprint density at radius 1 is 1.27 bits per heavy atom. The van der Waals surface area contributed by atoms with E-state index in [0.29, 0.717) is 50.4 Å². The number of carbonyl (C=O) groups excluding carboxylic acids is 2. The van der Waals surface area contributed by atoms with E-state index in [-0.39, 0.29) is 34.6 Å². The van der Waals surface area contributed by atoms with Gasteiger partial charge in [-0.3, -0.25) is 9.59 Å². The number of aryl methyl sites for hydroxylation is 3. The van der Waals surface area contributed by atoms with Crippen molar-refractivity contribution in [1.82, 2.24) is 15.4 Å². The molecule has 1 atom stereocenters. The van der Waals surface area contributed by atoms with Gasteiger partial charge in [-0.15, -0.1) is 0 Å². The van der Waals surface area contributed by atoms with Crippen molar-refractivity contribution >= 4 is 17.5 Å². The summed E-state index contributed by atoms with van der Waals surface area (Å²) in [6, 6.07) is 4.79.